The fourth-order valence-electron chi connectivity index (χ4n) is 1.95. The molecule has 6 heteroatoms. The molecule has 4 nitrogen and oxygen atoms in total. The monoisotopic (exact) mass is 230 g/mol. The molecule has 1 aromatic rings. The van der Waals surface area contributed by atoms with Gasteiger partial charge in [0, 0.05) is 29.5 Å². The van der Waals surface area contributed by atoms with E-state index in [1.165, 1.54) is 13.8 Å². The van der Waals surface area contributed by atoms with Gasteiger partial charge >= 0.3 is 5.97 Å². The van der Waals surface area contributed by atoms with Crippen LogP contribution in [-0.2, 0) is 12.8 Å². The number of H-pyrrole nitrogens is 1. The second-order valence-electron chi connectivity index (χ2n) is 4.78. The van der Waals surface area contributed by atoms with Crippen LogP contribution in [0.2, 0.25) is 0 Å². The first kappa shape index (κ1) is 11.0. The molecule has 1 aliphatic carbocycles. The number of alkyl halides is 2. The number of nitrogens with one attached hydrogen (secondary N) is 1. The average Bonchev–Trinajstić information content (AvgIpc) is 2.46. The molecule has 0 spiro atoms. The van der Waals surface area contributed by atoms with Crippen LogP contribution in [0.5, 0.6) is 0 Å². The second-order valence-corrected chi connectivity index (χ2v) is 4.78. The summed E-state index contributed by atoms with van der Waals surface area (Å²) >= 11 is 0. The van der Waals surface area contributed by atoms with Gasteiger partial charge in [-0.1, -0.05) is 13.8 Å². The zero-order chi connectivity index (χ0) is 12.1. The summed E-state index contributed by atoms with van der Waals surface area (Å²) in [6.45, 7) is 2.94. The lowest BCUT2D eigenvalue weighted by molar-refractivity contribution is -0.111. The van der Waals surface area contributed by atoms with Crippen LogP contribution in [-0.4, -0.2) is 27.2 Å². The van der Waals surface area contributed by atoms with E-state index in [0.29, 0.717) is 5.69 Å². The molecule has 0 radical (unpaired) electrons. The number of nitrogens with zero attached hydrogens (tertiary/aromatic N) is 1. The summed E-state index contributed by atoms with van der Waals surface area (Å²) in [6.07, 6.45) is -0.455. The highest BCUT2D eigenvalue weighted by molar-refractivity contribution is 5.87. The number of halogens is 2. The van der Waals surface area contributed by atoms with Gasteiger partial charge in [-0.15, -0.1) is 0 Å². The minimum atomic E-state index is -2.91. The van der Waals surface area contributed by atoms with Gasteiger partial charge < -0.3 is 5.11 Å². The molecule has 1 heterocycles. The van der Waals surface area contributed by atoms with E-state index >= 15 is 0 Å². The van der Waals surface area contributed by atoms with Crippen LogP contribution in [0, 0.1) is 5.41 Å². The SMILES string of the molecule is CC1(C)Cc2[nH]nc(C(=O)O)c2CC1(F)F. The first-order chi connectivity index (χ1) is 7.24. The van der Waals surface area contributed by atoms with E-state index in [9.17, 15) is 13.6 Å². The number of carbonyl (C=O) groups is 1. The zero-order valence-electron chi connectivity index (χ0n) is 8.97. The van der Waals surface area contributed by atoms with Crippen LogP contribution in [0.1, 0.15) is 35.6 Å². The number of aromatic amines is 1. The third kappa shape index (κ3) is 1.40. The highest BCUT2D eigenvalue weighted by atomic mass is 19.3. The third-order valence-corrected chi connectivity index (χ3v) is 3.16. The molecule has 0 aliphatic heterocycles. The molecule has 88 valence electrons. The molecule has 0 atom stereocenters. The zero-order valence-corrected chi connectivity index (χ0v) is 8.97. The van der Waals surface area contributed by atoms with Gasteiger partial charge in [-0.05, 0) is 0 Å². The molecular weight excluding hydrogens is 218 g/mol. The lowest BCUT2D eigenvalue weighted by atomic mass is 9.73. The van der Waals surface area contributed by atoms with Crippen molar-refractivity contribution in [2.45, 2.75) is 32.6 Å². The van der Waals surface area contributed by atoms with Crippen LogP contribution in [0.3, 0.4) is 0 Å². The highest BCUT2D eigenvalue weighted by Gasteiger charge is 2.51. The van der Waals surface area contributed by atoms with Gasteiger partial charge in [0.25, 0.3) is 5.92 Å². The van der Waals surface area contributed by atoms with Crippen molar-refractivity contribution in [2.75, 3.05) is 0 Å². The summed E-state index contributed by atoms with van der Waals surface area (Å²) in [5, 5.41) is 14.9. The molecule has 0 fully saturated rings. The molecule has 16 heavy (non-hydrogen) atoms. The lowest BCUT2D eigenvalue weighted by Gasteiger charge is -2.37. The maximum Gasteiger partial charge on any atom is 0.356 e. The number of carboxylic acid groups (broad SMARTS) is 1. The predicted molar refractivity (Wildman–Crippen MR) is 51.7 cm³/mol. The Balaban J connectivity index is 2.50. The van der Waals surface area contributed by atoms with Crippen LogP contribution in [0.25, 0.3) is 0 Å². The van der Waals surface area contributed by atoms with Gasteiger partial charge in [0.1, 0.15) is 0 Å². The van der Waals surface area contributed by atoms with Gasteiger partial charge in [0.2, 0.25) is 0 Å². The van der Waals surface area contributed by atoms with E-state index in [4.69, 9.17) is 5.11 Å². The number of hydrogen-bond donors (Lipinski definition) is 2. The first-order valence-electron chi connectivity index (χ1n) is 4.92. The fraction of sp³-hybridized carbons (Fsp3) is 0.600. The lowest BCUT2D eigenvalue weighted by Crippen LogP contribution is -2.44. The van der Waals surface area contributed by atoms with E-state index in [-0.39, 0.29) is 17.7 Å². The summed E-state index contributed by atoms with van der Waals surface area (Å²) in [4.78, 5) is 10.8. The molecule has 0 amide bonds. The molecule has 1 aliphatic rings. The smallest absolute Gasteiger partial charge is 0.356 e. The van der Waals surface area contributed by atoms with Crippen molar-refractivity contribution in [2.24, 2.45) is 5.41 Å². The summed E-state index contributed by atoms with van der Waals surface area (Å²) in [7, 11) is 0. The van der Waals surface area contributed by atoms with Gasteiger partial charge in [0.05, 0.1) is 0 Å². The average molecular weight is 230 g/mol. The predicted octanol–water partition coefficient (Wildman–Crippen LogP) is 1.87. The van der Waals surface area contributed by atoms with E-state index < -0.39 is 23.7 Å². The second kappa shape index (κ2) is 3.02. The molecule has 0 aromatic carbocycles. The standard InChI is InChI=1S/C10H12F2N2O2/c1-9(2)4-6-5(3-10(9,11)12)7(8(15)16)14-13-6/h3-4H2,1-2H3,(H,13,14)(H,15,16). The summed E-state index contributed by atoms with van der Waals surface area (Å²) in [5.41, 5.74) is -0.821. The number of aromatic carboxylic acids is 1. The maximum atomic E-state index is 13.7. The van der Waals surface area contributed by atoms with E-state index in [0.717, 1.165) is 0 Å². The van der Waals surface area contributed by atoms with Crippen molar-refractivity contribution >= 4 is 5.97 Å². The Labute approximate surface area is 90.7 Å². The minimum Gasteiger partial charge on any atom is -0.476 e. The fourth-order valence-corrected chi connectivity index (χ4v) is 1.95. The Hall–Kier alpha value is -1.46. The molecule has 0 unspecified atom stereocenters. The largest absolute Gasteiger partial charge is 0.476 e. The van der Waals surface area contributed by atoms with Gasteiger partial charge in [0.15, 0.2) is 5.69 Å². The van der Waals surface area contributed by atoms with Crippen LogP contribution in [0.15, 0.2) is 0 Å². The van der Waals surface area contributed by atoms with Gasteiger partial charge in [-0.3, -0.25) is 5.10 Å². The molecule has 1 aromatic heterocycles. The van der Waals surface area contributed by atoms with Crippen molar-refractivity contribution in [3.8, 4) is 0 Å². The molecular formula is C10H12F2N2O2. The number of hydrogen-bond acceptors (Lipinski definition) is 2. The van der Waals surface area contributed by atoms with Crippen molar-refractivity contribution in [3.63, 3.8) is 0 Å². The number of fused-ring (bicyclic) bond motifs is 1. The Morgan fingerprint density at radius 3 is 2.62 bits per heavy atom. The number of carboxylic acids is 1. The quantitative estimate of drug-likeness (QED) is 0.773. The Morgan fingerprint density at radius 2 is 2.06 bits per heavy atom. The van der Waals surface area contributed by atoms with Crippen molar-refractivity contribution in [1.29, 1.82) is 0 Å². The van der Waals surface area contributed by atoms with Gasteiger partial charge in [-0.25, -0.2) is 13.6 Å². The van der Waals surface area contributed by atoms with E-state index in [1.54, 1.807) is 0 Å². The van der Waals surface area contributed by atoms with E-state index in [2.05, 4.69) is 10.2 Å². The van der Waals surface area contributed by atoms with Crippen LogP contribution >= 0.6 is 0 Å². The Bertz CT molecular complexity index is 452. The number of rotatable bonds is 1. The number of aromatic nitrogens is 2. The molecule has 0 saturated heterocycles. The van der Waals surface area contributed by atoms with Crippen molar-refractivity contribution in [3.05, 3.63) is 17.0 Å². The molecule has 2 rings (SSSR count). The van der Waals surface area contributed by atoms with Gasteiger partial charge in [-0.2, -0.15) is 5.10 Å². The third-order valence-electron chi connectivity index (χ3n) is 3.16. The van der Waals surface area contributed by atoms with Crippen molar-refractivity contribution < 1.29 is 18.7 Å². The maximum absolute atomic E-state index is 13.7. The van der Waals surface area contributed by atoms with E-state index in [1.807, 2.05) is 0 Å². The first-order valence-corrected chi connectivity index (χ1v) is 4.92. The van der Waals surface area contributed by atoms with Crippen molar-refractivity contribution in [1.82, 2.24) is 10.2 Å². The minimum absolute atomic E-state index is 0.107. The van der Waals surface area contributed by atoms with Crippen LogP contribution in [0.4, 0.5) is 8.78 Å². The Kier molecular flexibility index (Phi) is 2.09. The normalized spacial score (nSPS) is 21.5. The van der Waals surface area contributed by atoms with Crippen LogP contribution < -0.4 is 0 Å². The molecule has 2 N–H and O–H groups in total. The molecule has 0 saturated carbocycles. The summed E-state index contributed by atoms with van der Waals surface area (Å²) in [5.74, 6) is -4.18. The summed E-state index contributed by atoms with van der Waals surface area (Å²) in [6, 6.07) is 0. The highest BCUT2D eigenvalue weighted by Crippen LogP contribution is 2.46. The summed E-state index contributed by atoms with van der Waals surface area (Å²) < 4.78 is 27.5. The Morgan fingerprint density at radius 1 is 1.44 bits per heavy atom. The molecule has 0 bridgehead atoms. The topological polar surface area (TPSA) is 66.0 Å².